The van der Waals surface area contributed by atoms with E-state index >= 15 is 0 Å². The zero-order valence-corrected chi connectivity index (χ0v) is 16.9. The van der Waals surface area contributed by atoms with Crippen LogP contribution in [-0.2, 0) is 33.3 Å². The first kappa shape index (κ1) is 25.9. The Balaban J connectivity index is 4.36. The number of alkyl carbamates (subject to hydrolysis) is 2. The van der Waals surface area contributed by atoms with E-state index in [1.165, 1.54) is 6.92 Å². The molecule has 0 fully saturated rings. The molecule has 0 heterocycles. The molecule has 0 aromatic carbocycles. The van der Waals surface area contributed by atoms with Crippen molar-refractivity contribution in [2.75, 3.05) is 33.1 Å². The topological polar surface area (TPSA) is 138 Å². The van der Waals surface area contributed by atoms with E-state index in [4.69, 9.17) is 23.7 Å². The predicted molar refractivity (Wildman–Crippen MR) is 101 cm³/mol. The number of esters is 2. The lowest BCUT2D eigenvalue weighted by Gasteiger charge is -2.18. The Morgan fingerprint density at radius 1 is 1.00 bits per heavy atom. The summed E-state index contributed by atoms with van der Waals surface area (Å²) in [6.45, 7) is 11.2. The number of amides is 2. The second kappa shape index (κ2) is 14.9. The number of hydrogen-bond acceptors (Lipinski definition) is 9. The first-order chi connectivity index (χ1) is 13.7. The maximum atomic E-state index is 11.8. The fourth-order valence-electron chi connectivity index (χ4n) is 1.60. The van der Waals surface area contributed by atoms with Crippen molar-refractivity contribution < 1.29 is 42.9 Å². The van der Waals surface area contributed by atoms with Crippen LogP contribution in [0.5, 0.6) is 0 Å². The summed E-state index contributed by atoms with van der Waals surface area (Å²) in [4.78, 5) is 45.9. The van der Waals surface area contributed by atoms with Gasteiger partial charge >= 0.3 is 24.1 Å². The maximum Gasteiger partial charge on any atom is 0.409 e. The van der Waals surface area contributed by atoms with Crippen LogP contribution in [0.2, 0.25) is 0 Å². The van der Waals surface area contributed by atoms with Crippen LogP contribution in [0.1, 0.15) is 20.8 Å². The Labute approximate surface area is 169 Å². The maximum absolute atomic E-state index is 11.8. The van der Waals surface area contributed by atoms with Crippen LogP contribution in [0.15, 0.2) is 24.8 Å². The monoisotopic (exact) mass is 416 g/mol. The van der Waals surface area contributed by atoms with E-state index in [0.29, 0.717) is 6.61 Å². The van der Waals surface area contributed by atoms with E-state index < -0.39 is 30.2 Å². The molecule has 2 N–H and O–H groups in total. The van der Waals surface area contributed by atoms with Crippen LogP contribution in [0, 0.1) is 0 Å². The molecule has 0 bridgehead atoms. The quantitative estimate of drug-likeness (QED) is 0.195. The van der Waals surface area contributed by atoms with Gasteiger partial charge in [0.2, 0.25) is 0 Å². The zero-order valence-electron chi connectivity index (χ0n) is 16.9. The lowest BCUT2D eigenvalue weighted by molar-refractivity contribution is -0.147. The van der Waals surface area contributed by atoms with Crippen molar-refractivity contribution in [3.05, 3.63) is 24.8 Å². The molecular formula is C18H28N2O9. The summed E-state index contributed by atoms with van der Waals surface area (Å²) in [6, 6.07) is 0. The lowest BCUT2D eigenvalue weighted by Crippen LogP contribution is -2.41. The molecule has 11 heteroatoms. The highest BCUT2D eigenvalue weighted by molar-refractivity contribution is 5.87. The van der Waals surface area contributed by atoms with Gasteiger partial charge in [-0.15, -0.1) is 0 Å². The second-order valence-electron chi connectivity index (χ2n) is 5.64. The summed E-state index contributed by atoms with van der Waals surface area (Å²) < 4.78 is 24.8. The van der Waals surface area contributed by atoms with Crippen molar-refractivity contribution in [2.45, 2.75) is 33.0 Å². The van der Waals surface area contributed by atoms with Crippen LogP contribution in [0.3, 0.4) is 0 Å². The summed E-state index contributed by atoms with van der Waals surface area (Å²) in [7, 11) is 0. The summed E-state index contributed by atoms with van der Waals surface area (Å²) in [5.74, 6) is -1.43. The van der Waals surface area contributed by atoms with Gasteiger partial charge in [-0.25, -0.2) is 19.2 Å². The van der Waals surface area contributed by atoms with Gasteiger partial charge in [-0.3, -0.25) is 0 Å². The highest BCUT2D eigenvalue weighted by atomic mass is 16.6. The van der Waals surface area contributed by atoms with Crippen molar-refractivity contribution in [1.29, 1.82) is 0 Å². The molecule has 29 heavy (non-hydrogen) atoms. The van der Waals surface area contributed by atoms with Crippen molar-refractivity contribution >= 4 is 24.1 Å². The van der Waals surface area contributed by atoms with Gasteiger partial charge in [0.15, 0.2) is 6.10 Å². The molecule has 0 rings (SSSR count). The van der Waals surface area contributed by atoms with Crippen molar-refractivity contribution in [2.24, 2.45) is 0 Å². The highest BCUT2D eigenvalue weighted by Crippen LogP contribution is 2.00. The van der Waals surface area contributed by atoms with E-state index in [1.807, 2.05) is 6.92 Å². The Bertz CT molecular complexity index is 592. The molecule has 164 valence electrons. The molecule has 0 radical (unpaired) electrons. The molecule has 0 saturated carbocycles. The number of hydrogen-bond donors (Lipinski definition) is 2. The smallest absolute Gasteiger partial charge is 0.409 e. The van der Waals surface area contributed by atoms with Gasteiger partial charge in [-0.2, -0.15) is 0 Å². The molecule has 0 aliphatic carbocycles. The molecule has 0 aromatic heterocycles. The third-order valence-corrected chi connectivity index (χ3v) is 2.97. The standard InChI is InChI=1S/C18H28N2O9/c1-6-15(21)26-9-14(10-27-16(22)12(3)4)29-18(24)20-11-19-17(23)28-8-13(5)25-7-2/h6,13-14H,1,3,7-11H2,2,4-5H3,(H,19,23)(H,20,24). The van der Waals surface area contributed by atoms with Crippen molar-refractivity contribution in [3.63, 3.8) is 0 Å². The fourth-order valence-corrected chi connectivity index (χ4v) is 1.60. The van der Waals surface area contributed by atoms with E-state index in [-0.39, 0.29) is 38.2 Å². The summed E-state index contributed by atoms with van der Waals surface area (Å²) >= 11 is 0. The summed E-state index contributed by atoms with van der Waals surface area (Å²) in [5, 5.41) is 4.53. The van der Waals surface area contributed by atoms with Crippen LogP contribution in [-0.4, -0.2) is 69.4 Å². The molecule has 2 atom stereocenters. The molecule has 0 spiro atoms. The van der Waals surface area contributed by atoms with E-state index in [0.717, 1.165) is 6.08 Å². The largest absolute Gasteiger partial charge is 0.458 e. The van der Waals surface area contributed by atoms with E-state index in [2.05, 4.69) is 23.8 Å². The Morgan fingerprint density at radius 2 is 1.62 bits per heavy atom. The minimum atomic E-state index is -1.08. The van der Waals surface area contributed by atoms with Gasteiger partial charge in [-0.1, -0.05) is 13.2 Å². The van der Waals surface area contributed by atoms with Gasteiger partial charge in [0.1, 0.15) is 19.8 Å². The Kier molecular flexibility index (Phi) is 13.3. The van der Waals surface area contributed by atoms with Gasteiger partial charge in [-0.05, 0) is 20.8 Å². The zero-order chi connectivity index (χ0) is 22.2. The molecule has 11 nitrogen and oxygen atoms in total. The number of nitrogens with one attached hydrogen (secondary N) is 2. The molecule has 0 aliphatic rings. The predicted octanol–water partition coefficient (Wildman–Crippen LogP) is 1.04. The van der Waals surface area contributed by atoms with Crippen LogP contribution >= 0.6 is 0 Å². The highest BCUT2D eigenvalue weighted by Gasteiger charge is 2.19. The van der Waals surface area contributed by atoms with Crippen LogP contribution in [0.25, 0.3) is 0 Å². The van der Waals surface area contributed by atoms with Gasteiger partial charge in [0.25, 0.3) is 0 Å². The third-order valence-electron chi connectivity index (χ3n) is 2.97. The fraction of sp³-hybridized carbons (Fsp3) is 0.556. The first-order valence-corrected chi connectivity index (χ1v) is 8.78. The Morgan fingerprint density at radius 3 is 2.21 bits per heavy atom. The summed E-state index contributed by atoms with van der Waals surface area (Å²) in [6.07, 6.45) is -2.12. The minimum absolute atomic E-state index is 0.0505. The van der Waals surface area contributed by atoms with Gasteiger partial charge in [0, 0.05) is 18.3 Å². The number of ether oxygens (including phenoxy) is 5. The van der Waals surface area contributed by atoms with E-state index in [1.54, 1.807) is 6.92 Å². The van der Waals surface area contributed by atoms with Crippen molar-refractivity contribution in [1.82, 2.24) is 10.6 Å². The third kappa shape index (κ3) is 13.7. The van der Waals surface area contributed by atoms with Crippen LogP contribution in [0.4, 0.5) is 9.59 Å². The second-order valence-corrected chi connectivity index (χ2v) is 5.64. The Hall–Kier alpha value is -3.08. The summed E-state index contributed by atoms with van der Waals surface area (Å²) in [5.41, 5.74) is 0.151. The lowest BCUT2D eigenvalue weighted by atomic mass is 10.3. The normalized spacial score (nSPS) is 12.0. The molecule has 2 amide bonds. The van der Waals surface area contributed by atoms with Gasteiger partial charge < -0.3 is 34.3 Å². The number of carbonyl (C=O) groups is 4. The van der Waals surface area contributed by atoms with E-state index in [9.17, 15) is 19.2 Å². The average Bonchev–Trinajstić information content (AvgIpc) is 2.67. The number of carbonyl (C=O) groups excluding carboxylic acids is 4. The molecule has 0 saturated heterocycles. The molecule has 0 aromatic rings. The van der Waals surface area contributed by atoms with Crippen molar-refractivity contribution in [3.8, 4) is 0 Å². The first-order valence-electron chi connectivity index (χ1n) is 8.78. The van der Waals surface area contributed by atoms with Gasteiger partial charge in [0.05, 0.1) is 12.8 Å². The number of rotatable bonds is 13. The molecule has 2 unspecified atom stereocenters. The molecular weight excluding hydrogens is 388 g/mol. The SMILES string of the molecule is C=CC(=O)OCC(COC(=O)C(=C)C)OC(=O)NCNC(=O)OCC(C)OCC. The molecule has 0 aliphatic heterocycles. The minimum Gasteiger partial charge on any atom is -0.458 e. The average molecular weight is 416 g/mol. The van der Waals surface area contributed by atoms with Crippen LogP contribution < -0.4 is 10.6 Å².